The highest BCUT2D eigenvalue weighted by Crippen LogP contribution is 2.23. The normalized spacial score (nSPS) is 25.0. The van der Waals surface area contributed by atoms with Gasteiger partial charge in [-0.05, 0) is 44.7 Å². The number of ether oxygens (including phenoxy) is 1. The number of hydrogen-bond acceptors (Lipinski definition) is 4. The van der Waals surface area contributed by atoms with Crippen LogP contribution in [0, 0.1) is 6.92 Å². The summed E-state index contributed by atoms with van der Waals surface area (Å²) in [6.07, 6.45) is 4.09. The number of benzene rings is 1. The van der Waals surface area contributed by atoms with Crippen molar-refractivity contribution in [2.45, 2.75) is 38.2 Å². The van der Waals surface area contributed by atoms with E-state index in [0.717, 1.165) is 38.2 Å². The third kappa shape index (κ3) is 4.48. The number of hydrogen-bond donors (Lipinski definition) is 1. The molecule has 0 aromatic heterocycles. The molecule has 24 heavy (non-hydrogen) atoms. The monoisotopic (exact) mass is 332 g/mol. The molecule has 132 valence electrons. The number of carbonyl (C=O) groups excluding carboxylic acids is 1. The average Bonchev–Trinajstić information content (AvgIpc) is 2.96. The molecular formula is C19H28N2O3. The molecular weight excluding hydrogens is 304 g/mol. The molecule has 1 aromatic rings. The number of aliphatic hydroxyl groups is 1. The van der Waals surface area contributed by atoms with Crippen LogP contribution in [0.25, 0.3) is 0 Å². The zero-order valence-electron chi connectivity index (χ0n) is 14.5. The number of aryl methyl sites for hydroxylation is 1. The van der Waals surface area contributed by atoms with E-state index >= 15 is 0 Å². The Balaban J connectivity index is 1.46. The van der Waals surface area contributed by atoms with Gasteiger partial charge in [0.25, 0.3) is 0 Å². The fourth-order valence-electron chi connectivity index (χ4n) is 3.48. The van der Waals surface area contributed by atoms with Crippen molar-refractivity contribution in [2.24, 2.45) is 0 Å². The van der Waals surface area contributed by atoms with Gasteiger partial charge >= 0.3 is 0 Å². The van der Waals surface area contributed by atoms with Crippen LogP contribution in [0.4, 0.5) is 0 Å². The number of piperidine rings is 1. The molecule has 3 rings (SSSR count). The zero-order chi connectivity index (χ0) is 17.0. The highest BCUT2D eigenvalue weighted by Gasteiger charge is 2.38. The third-order valence-electron chi connectivity index (χ3n) is 5.01. The maximum Gasteiger partial charge on any atom is 0.236 e. The van der Waals surface area contributed by atoms with Gasteiger partial charge in [-0.2, -0.15) is 0 Å². The molecule has 2 heterocycles. The van der Waals surface area contributed by atoms with Crippen LogP contribution in [0.3, 0.4) is 0 Å². The lowest BCUT2D eigenvalue weighted by molar-refractivity contribution is -0.133. The summed E-state index contributed by atoms with van der Waals surface area (Å²) in [6, 6.07) is 7.84. The molecule has 0 aliphatic carbocycles. The summed E-state index contributed by atoms with van der Waals surface area (Å²) >= 11 is 0. The molecule has 2 saturated heterocycles. The molecule has 1 N–H and O–H groups in total. The van der Waals surface area contributed by atoms with Gasteiger partial charge in [0.15, 0.2) is 0 Å². The predicted molar refractivity (Wildman–Crippen MR) is 93.1 cm³/mol. The van der Waals surface area contributed by atoms with E-state index in [0.29, 0.717) is 19.5 Å². The smallest absolute Gasteiger partial charge is 0.236 e. The number of carbonyl (C=O) groups is 1. The average molecular weight is 332 g/mol. The van der Waals surface area contributed by atoms with E-state index in [1.807, 2.05) is 36.1 Å². The van der Waals surface area contributed by atoms with Crippen LogP contribution in [-0.4, -0.2) is 65.7 Å². The van der Waals surface area contributed by atoms with Crippen molar-refractivity contribution in [1.29, 1.82) is 0 Å². The molecule has 0 spiro atoms. The Morgan fingerprint density at radius 1 is 1.17 bits per heavy atom. The zero-order valence-corrected chi connectivity index (χ0v) is 14.5. The first-order valence-electron chi connectivity index (χ1n) is 8.96. The lowest BCUT2D eigenvalue weighted by Gasteiger charge is -2.29. The van der Waals surface area contributed by atoms with Crippen molar-refractivity contribution in [3.63, 3.8) is 0 Å². The molecule has 1 aromatic carbocycles. The SMILES string of the molecule is Cc1ccc(OCC2(O)CCN(CC(=O)N3CCCCC3)C2)cc1. The van der Waals surface area contributed by atoms with Gasteiger partial charge in [-0.15, -0.1) is 0 Å². The lowest BCUT2D eigenvalue weighted by atomic mass is 10.1. The maximum atomic E-state index is 12.3. The van der Waals surface area contributed by atoms with Crippen molar-refractivity contribution < 1.29 is 14.6 Å². The van der Waals surface area contributed by atoms with E-state index in [1.165, 1.54) is 12.0 Å². The first kappa shape index (κ1) is 17.2. The van der Waals surface area contributed by atoms with Crippen molar-refractivity contribution in [3.05, 3.63) is 29.8 Å². The van der Waals surface area contributed by atoms with Crippen molar-refractivity contribution in [3.8, 4) is 5.75 Å². The van der Waals surface area contributed by atoms with Gasteiger partial charge in [-0.25, -0.2) is 0 Å². The van der Waals surface area contributed by atoms with Crippen LogP contribution in [-0.2, 0) is 4.79 Å². The van der Waals surface area contributed by atoms with Gasteiger partial charge in [0.1, 0.15) is 18.0 Å². The van der Waals surface area contributed by atoms with Gasteiger partial charge in [-0.3, -0.25) is 9.69 Å². The van der Waals surface area contributed by atoms with Gasteiger partial charge in [0, 0.05) is 26.2 Å². The molecule has 2 fully saturated rings. The summed E-state index contributed by atoms with van der Waals surface area (Å²) in [6.45, 7) is 5.72. The maximum absolute atomic E-state index is 12.3. The third-order valence-corrected chi connectivity index (χ3v) is 5.01. The molecule has 5 nitrogen and oxygen atoms in total. The van der Waals surface area contributed by atoms with Crippen LogP contribution in [0.1, 0.15) is 31.2 Å². The summed E-state index contributed by atoms with van der Waals surface area (Å²) in [4.78, 5) is 16.4. The van der Waals surface area contributed by atoms with E-state index in [9.17, 15) is 9.90 Å². The second kappa shape index (κ2) is 7.53. The molecule has 2 aliphatic rings. The lowest BCUT2D eigenvalue weighted by Crippen LogP contribution is -2.44. The molecule has 1 atom stereocenters. The molecule has 2 aliphatic heterocycles. The topological polar surface area (TPSA) is 53.0 Å². The van der Waals surface area contributed by atoms with E-state index in [-0.39, 0.29) is 12.5 Å². The number of nitrogens with zero attached hydrogens (tertiary/aromatic N) is 2. The van der Waals surface area contributed by atoms with E-state index in [1.54, 1.807) is 0 Å². The fraction of sp³-hybridized carbons (Fsp3) is 0.632. The summed E-state index contributed by atoms with van der Waals surface area (Å²) in [7, 11) is 0. The highest BCUT2D eigenvalue weighted by atomic mass is 16.5. The van der Waals surface area contributed by atoms with E-state index in [2.05, 4.69) is 4.90 Å². The summed E-state index contributed by atoms with van der Waals surface area (Å²) in [5.41, 5.74) is 0.317. The standard InChI is InChI=1S/C19H28N2O3/c1-16-5-7-17(8-6-16)24-15-19(23)9-12-20(14-19)13-18(22)21-10-3-2-4-11-21/h5-8,23H,2-4,9-15H2,1H3. The van der Waals surface area contributed by atoms with Crippen LogP contribution in [0.15, 0.2) is 24.3 Å². The van der Waals surface area contributed by atoms with Gasteiger partial charge in [-0.1, -0.05) is 17.7 Å². The first-order chi connectivity index (χ1) is 11.5. The van der Waals surface area contributed by atoms with Crippen LogP contribution >= 0.6 is 0 Å². The Hall–Kier alpha value is -1.59. The van der Waals surface area contributed by atoms with Crippen LogP contribution < -0.4 is 4.74 Å². The van der Waals surface area contributed by atoms with Gasteiger partial charge in [0.05, 0.1) is 6.54 Å². The highest BCUT2D eigenvalue weighted by molar-refractivity contribution is 5.78. The Bertz CT molecular complexity index is 554. The second-order valence-electron chi connectivity index (χ2n) is 7.23. The van der Waals surface area contributed by atoms with Gasteiger partial charge < -0.3 is 14.7 Å². The minimum Gasteiger partial charge on any atom is -0.491 e. The first-order valence-corrected chi connectivity index (χ1v) is 8.96. The molecule has 1 amide bonds. The number of rotatable bonds is 5. The quantitative estimate of drug-likeness (QED) is 0.894. The largest absolute Gasteiger partial charge is 0.491 e. The number of likely N-dealkylation sites (tertiary alicyclic amines) is 2. The molecule has 0 radical (unpaired) electrons. The minimum atomic E-state index is -0.868. The van der Waals surface area contributed by atoms with E-state index < -0.39 is 5.60 Å². The summed E-state index contributed by atoms with van der Waals surface area (Å²) < 4.78 is 5.75. The van der Waals surface area contributed by atoms with Crippen molar-refractivity contribution in [1.82, 2.24) is 9.80 Å². The Morgan fingerprint density at radius 2 is 1.88 bits per heavy atom. The van der Waals surface area contributed by atoms with Crippen LogP contribution in [0.5, 0.6) is 5.75 Å². The Kier molecular flexibility index (Phi) is 5.41. The van der Waals surface area contributed by atoms with Gasteiger partial charge in [0.2, 0.25) is 5.91 Å². The molecule has 0 bridgehead atoms. The number of amides is 1. The fourth-order valence-corrected chi connectivity index (χ4v) is 3.48. The van der Waals surface area contributed by atoms with E-state index in [4.69, 9.17) is 4.74 Å². The summed E-state index contributed by atoms with van der Waals surface area (Å²) in [5.74, 6) is 0.968. The molecule has 5 heteroatoms. The number of β-amino-alcohol motifs (C(OH)–C–C–N with tert-alkyl or cyclic N) is 1. The molecule has 1 unspecified atom stereocenters. The second-order valence-corrected chi connectivity index (χ2v) is 7.23. The Morgan fingerprint density at radius 3 is 2.58 bits per heavy atom. The van der Waals surface area contributed by atoms with Crippen molar-refractivity contribution in [2.75, 3.05) is 39.3 Å². The minimum absolute atomic E-state index is 0.193. The summed E-state index contributed by atoms with van der Waals surface area (Å²) in [5, 5.41) is 10.7. The predicted octanol–water partition coefficient (Wildman–Crippen LogP) is 1.82. The van der Waals surface area contributed by atoms with Crippen LogP contribution in [0.2, 0.25) is 0 Å². The Labute approximate surface area is 144 Å². The molecule has 0 saturated carbocycles. The van der Waals surface area contributed by atoms with Crippen molar-refractivity contribution >= 4 is 5.91 Å².